The minimum absolute atomic E-state index is 0.239. The number of carbonyl (C=O) groups excluding carboxylic acids is 1. The first-order valence-electron chi connectivity index (χ1n) is 9.73. The van der Waals surface area contributed by atoms with E-state index in [0.717, 1.165) is 11.1 Å². The highest BCUT2D eigenvalue weighted by Gasteiger charge is 2.16. The number of carbonyl (C=O) groups is 1. The summed E-state index contributed by atoms with van der Waals surface area (Å²) in [5.41, 5.74) is 2.84. The van der Waals surface area contributed by atoms with Crippen LogP contribution in [-0.2, 0) is 11.3 Å². The molecule has 6 nitrogen and oxygen atoms in total. The molecule has 1 amide bonds. The predicted molar refractivity (Wildman–Crippen MR) is 111 cm³/mol. The van der Waals surface area contributed by atoms with Gasteiger partial charge in [0.2, 0.25) is 0 Å². The number of nitrogens with one attached hydrogen (secondary N) is 1. The number of benzene rings is 2. The molecule has 2 aromatic heterocycles. The van der Waals surface area contributed by atoms with Crippen molar-refractivity contribution in [1.82, 2.24) is 19.9 Å². The highest BCUT2D eigenvalue weighted by atomic mass is 19.1. The molecule has 1 N–H and O–H groups in total. The molecule has 0 aliphatic heterocycles. The number of pyridine rings is 1. The van der Waals surface area contributed by atoms with Crippen molar-refractivity contribution in [2.75, 3.05) is 6.61 Å². The molecule has 31 heavy (non-hydrogen) atoms. The van der Waals surface area contributed by atoms with Crippen LogP contribution in [0.2, 0.25) is 0 Å². The molecule has 8 heteroatoms. The van der Waals surface area contributed by atoms with Crippen molar-refractivity contribution in [3.63, 3.8) is 0 Å². The zero-order valence-corrected chi connectivity index (χ0v) is 16.8. The molecular formula is C23H20F2N4O2. The number of hydrogen-bond donors (Lipinski definition) is 1. The van der Waals surface area contributed by atoms with Crippen molar-refractivity contribution in [2.24, 2.45) is 0 Å². The number of hydrogen-bond acceptors (Lipinski definition) is 4. The van der Waals surface area contributed by atoms with Crippen LogP contribution in [0.5, 0.6) is 6.01 Å². The summed E-state index contributed by atoms with van der Waals surface area (Å²) in [5, 5.41) is 2.81. The second kappa shape index (κ2) is 8.91. The van der Waals surface area contributed by atoms with E-state index in [0.29, 0.717) is 17.7 Å². The Hall–Kier alpha value is -3.81. The van der Waals surface area contributed by atoms with Crippen molar-refractivity contribution < 1.29 is 18.3 Å². The van der Waals surface area contributed by atoms with Crippen molar-refractivity contribution in [3.05, 3.63) is 89.6 Å². The molecular weight excluding hydrogens is 402 g/mol. The van der Waals surface area contributed by atoms with E-state index in [4.69, 9.17) is 4.74 Å². The number of rotatable bonds is 7. The van der Waals surface area contributed by atoms with Crippen molar-refractivity contribution >= 4 is 17.1 Å². The van der Waals surface area contributed by atoms with Gasteiger partial charge in [-0.05, 0) is 54.4 Å². The number of ether oxygens (including phenoxy) is 1. The molecule has 0 bridgehead atoms. The summed E-state index contributed by atoms with van der Waals surface area (Å²) in [6, 6.07) is 15.5. The van der Waals surface area contributed by atoms with Gasteiger partial charge in [0.1, 0.15) is 17.2 Å². The van der Waals surface area contributed by atoms with E-state index in [1.807, 2.05) is 0 Å². The molecule has 0 unspecified atom stereocenters. The lowest BCUT2D eigenvalue weighted by atomic mass is 10.1. The quantitative estimate of drug-likeness (QED) is 0.489. The van der Waals surface area contributed by atoms with Gasteiger partial charge in [-0.25, -0.2) is 13.8 Å². The molecule has 0 radical (unpaired) electrons. The van der Waals surface area contributed by atoms with Gasteiger partial charge in [0.25, 0.3) is 11.9 Å². The van der Waals surface area contributed by atoms with Gasteiger partial charge in [-0.2, -0.15) is 4.98 Å². The topological polar surface area (TPSA) is 69.0 Å². The summed E-state index contributed by atoms with van der Waals surface area (Å²) in [6.45, 7) is 1.91. The van der Waals surface area contributed by atoms with Crippen LogP contribution in [0.25, 0.3) is 11.2 Å². The molecule has 2 heterocycles. The first-order valence-corrected chi connectivity index (χ1v) is 9.73. The number of halogens is 2. The minimum Gasteiger partial charge on any atom is -0.455 e. The fraction of sp³-hybridized carbons (Fsp3) is 0.174. The van der Waals surface area contributed by atoms with Crippen molar-refractivity contribution in [3.8, 4) is 6.01 Å². The Morgan fingerprint density at radius 3 is 2.45 bits per heavy atom. The SMILES string of the molecule is C[C@H](NC(=O)COc1nc2cccnc2n1Cc1ccc(F)cc1)c1ccc(F)cc1. The second-order valence-electron chi connectivity index (χ2n) is 7.08. The Bertz CT molecular complexity index is 1190. The molecule has 4 rings (SSSR count). The highest BCUT2D eigenvalue weighted by Crippen LogP contribution is 2.21. The van der Waals surface area contributed by atoms with E-state index in [2.05, 4.69) is 15.3 Å². The molecule has 0 spiro atoms. The lowest BCUT2D eigenvalue weighted by molar-refractivity contribution is -0.123. The van der Waals surface area contributed by atoms with Gasteiger partial charge in [0, 0.05) is 6.20 Å². The maximum Gasteiger partial charge on any atom is 0.299 e. The highest BCUT2D eigenvalue weighted by molar-refractivity contribution is 5.78. The average molecular weight is 422 g/mol. The Morgan fingerprint density at radius 1 is 1.06 bits per heavy atom. The fourth-order valence-electron chi connectivity index (χ4n) is 3.21. The predicted octanol–water partition coefficient (Wildman–Crippen LogP) is 4.01. The summed E-state index contributed by atoms with van der Waals surface area (Å²) in [5.74, 6) is -0.995. The van der Waals surface area contributed by atoms with Crippen LogP contribution in [0.3, 0.4) is 0 Å². The summed E-state index contributed by atoms with van der Waals surface area (Å²) in [7, 11) is 0. The van der Waals surface area contributed by atoms with Crippen LogP contribution in [0.1, 0.15) is 24.1 Å². The largest absolute Gasteiger partial charge is 0.455 e. The lowest BCUT2D eigenvalue weighted by Gasteiger charge is -2.15. The van der Waals surface area contributed by atoms with Crippen LogP contribution in [0.15, 0.2) is 66.9 Å². The average Bonchev–Trinajstić information content (AvgIpc) is 3.11. The molecule has 1 atom stereocenters. The minimum atomic E-state index is -0.342. The zero-order valence-electron chi connectivity index (χ0n) is 16.8. The number of amides is 1. The zero-order chi connectivity index (χ0) is 21.8. The smallest absolute Gasteiger partial charge is 0.299 e. The molecule has 4 aromatic rings. The molecule has 158 valence electrons. The fourth-order valence-corrected chi connectivity index (χ4v) is 3.21. The standard InChI is InChI=1S/C23H20F2N4O2/c1-15(17-6-10-19(25)11-7-17)27-21(30)14-31-23-28-20-3-2-12-26-22(20)29(23)13-16-4-8-18(24)9-5-16/h2-12,15H,13-14H2,1H3,(H,27,30)/t15-/m0/s1. The van der Waals surface area contributed by atoms with Crippen LogP contribution in [0, 0.1) is 11.6 Å². The van der Waals surface area contributed by atoms with E-state index in [-0.39, 0.29) is 36.2 Å². The first kappa shape index (κ1) is 20.5. The molecule has 2 aromatic carbocycles. The summed E-state index contributed by atoms with van der Waals surface area (Å²) in [4.78, 5) is 21.2. The van der Waals surface area contributed by atoms with Gasteiger partial charge >= 0.3 is 0 Å². The van der Waals surface area contributed by atoms with Gasteiger partial charge in [0.05, 0.1) is 12.6 Å². The van der Waals surface area contributed by atoms with Gasteiger partial charge in [-0.3, -0.25) is 9.36 Å². The van der Waals surface area contributed by atoms with Crippen molar-refractivity contribution in [2.45, 2.75) is 19.5 Å². The molecule has 0 saturated carbocycles. The third-order valence-electron chi connectivity index (χ3n) is 4.80. The van der Waals surface area contributed by atoms with Gasteiger partial charge < -0.3 is 10.1 Å². The number of nitrogens with zero attached hydrogens (tertiary/aromatic N) is 3. The van der Waals surface area contributed by atoms with Crippen LogP contribution >= 0.6 is 0 Å². The van der Waals surface area contributed by atoms with Gasteiger partial charge in [-0.1, -0.05) is 24.3 Å². The monoisotopic (exact) mass is 422 g/mol. The molecule has 0 aliphatic rings. The Morgan fingerprint density at radius 2 is 1.74 bits per heavy atom. The first-order chi connectivity index (χ1) is 15.0. The van der Waals surface area contributed by atoms with Gasteiger partial charge in [-0.15, -0.1) is 0 Å². The maximum absolute atomic E-state index is 13.2. The maximum atomic E-state index is 13.2. The van der Waals surface area contributed by atoms with E-state index in [1.165, 1.54) is 24.3 Å². The third kappa shape index (κ3) is 4.85. The normalized spacial score (nSPS) is 12.0. The summed E-state index contributed by atoms with van der Waals surface area (Å²) < 4.78 is 33.8. The summed E-state index contributed by atoms with van der Waals surface area (Å²) in [6.07, 6.45) is 1.64. The van der Waals surface area contributed by atoms with Gasteiger partial charge in [0.15, 0.2) is 12.3 Å². The molecule has 0 aliphatic carbocycles. The Kier molecular flexibility index (Phi) is 5.88. The van der Waals surface area contributed by atoms with Crippen LogP contribution in [0.4, 0.5) is 8.78 Å². The lowest BCUT2D eigenvalue weighted by Crippen LogP contribution is -2.31. The Balaban J connectivity index is 1.48. The number of aromatic nitrogens is 3. The van der Waals surface area contributed by atoms with Crippen LogP contribution < -0.4 is 10.1 Å². The van der Waals surface area contributed by atoms with Crippen LogP contribution in [-0.4, -0.2) is 27.0 Å². The number of fused-ring (bicyclic) bond motifs is 1. The molecule has 0 fully saturated rings. The van der Waals surface area contributed by atoms with E-state index in [9.17, 15) is 13.6 Å². The third-order valence-corrected chi connectivity index (χ3v) is 4.80. The Labute approximate surface area is 177 Å². The van der Waals surface area contributed by atoms with E-state index >= 15 is 0 Å². The van der Waals surface area contributed by atoms with E-state index < -0.39 is 0 Å². The van der Waals surface area contributed by atoms with E-state index in [1.54, 1.807) is 54.1 Å². The molecule has 0 saturated heterocycles. The summed E-state index contributed by atoms with van der Waals surface area (Å²) >= 11 is 0. The number of imidazole rings is 1. The second-order valence-corrected chi connectivity index (χ2v) is 7.08. The van der Waals surface area contributed by atoms with Crippen molar-refractivity contribution in [1.29, 1.82) is 0 Å².